The molecule has 2 aromatic rings. The number of thiazole rings is 1. The van der Waals surface area contributed by atoms with Crippen molar-refractivity contribution in [3.8, 4) is 0 Å². The van der Waals surface area contributed by atoms with Gasteiger partial charge in [-0.15, -0.1) is 11.3 Å². The standard InChI is InChI=1S/C12H9F2N3O3S/c13-6-1-2-9(8(14)3-6)16-11(20)17-12-15-7(5-21-12)4-10(18)19/h1-3,5H,4H2,(H,18,19)(H2,15,16,17,20). The minimum absolute atomic E-state index is 0.172. The van der Waals surface area contributed by atoms with Gasteiger partial charge in [-0.25, -0.2) is 18.6 Å². The third-order valence-electron chi connectivity index (χ3n) is 2.28. The molecule has 0 aliphatic heterocycles. The van der Waals surface area contributed by atoms with Crippen LogP contribution >= 0.6 is 11.3 Å². The number of halogens is 2. The summed E-state index contributed by atoms with van der Waals surface area (Å²) in [5, 5.41) is 14.8. The summed E-state index contributed by atoms with van der Waals surface area (Å²) in [4.78, 5) is 26.0. The number of rotatable bonds is 4. The number of amides is 2. The Bertz CT molecular complexity index is 690. The number of anilines is 2. The molecule has 6 nitrogen and oxygen atoms in total. The molecule has 0 atom stereocenters. The maximum atomic E-state index is 13.3. The normalized spacial score (nSPS) is 10.2. The Morgan fingerprint density at radius 3 is 2.71 bits per heavy atom. The first kappa shape index (κ1) is 14.9. The lowest BCUT2D eigenvalue weighted by molar-refractivity contribution is -0.136. The van der Waals surface area contributed by atoms with E-state index in [9.17, 15) is 18.4 Å². The molecule has 2 rings (SSSR count). The van der Waals surface area contributed by atoms with E-state index in [4.69, 9.17) is 5.11 Å². The molecule has 1 aromatic carbocycles. The van der Waals surface area contributed by atoms with E-state index < -0.39 is 23.6 Å². The third-order valence-corrected chi connectivity index (χ3v) is 3.09. The van der Waals surface area contributed by atoms with Gasteiger partial charge in [-0.05, 0) is 12.1 Å². The van der Waals surface area contributed by atoms with Crippen LogP contribution in [-0.2, 0) is 11.2 Å². The zero-order chi connectivity index (χ0) is 15.4. The predicted octanol–water partition coefficient (Wildman–Crippen LogP) is 2.69. The van der Waals surface area contributed by atoms with Gasteiger partial charge in [0.1, 0.15) is 11.6 Å². The first-order chi connectivity index (χ1) is 9.94. The summed E-state index contributed by atoms with van der Waals surface area (Å²) < 4.78 is 26.1. The van der Waals surface area contributed by atoms with Crippen LogP contribution in [0.2, 0.25) is 0 Å². The van der Waals surface area contributed by atoms with Gasteiger partial charge in [-0.1, -0.05) is 0 Å². The number of carbonyl (C=O) groups excluding carboxylic acids is 1. The first-order valence-electron chi connectivity index (χ1n) is 5.63. The third kappa shape index (κ3) is 4.21. The average Bonchev–Trinajstić information content (AvgIpc) is 2.79. The second kappa shape index (κ2) is 6.27. The fourth-order valence-electron chi connectivity index (χ4n) is 1.44. The van der Waals surface area contributed by atoms with E-state index in [0.29, 0.717) is 11.8 Å². The number of carboxylic acids is 1. The second-order valence-electron chi connectivity index (χ2n) is 3.92. The zero-order valence-corrected chi connectivity index (χ0v) is 11.2. The first-order valence-corrected chi connectivity index (χ1v) is 6.51. The second-order valence-corrected chi connectivity index (χ2v) is 4.78. The molecule has 0 unspecified atom stereocenters. The zero-order valence-electron chi connectivity index (χ0n) is 10.4. The topological polar surface area (TPSA) is 91.3 Å². The van der Waals surface area contributed by atoms with Crippen LogP contribution in [0.1, 0.15) is 5.69 Å². The Balaban J connectivity index is 1.98. The number of nitrogens with one attached hydrogen (secondary N) is 2. The molecule has 3 N–H and O–H groups in total. The van der Waals surface area contributed by atoms with Gasteiger partial charge in [0, 0.05) is 11.4 Å². The summed E-state index contributed by atoms with van der Waals surface area (Å²) in [5.41, 5.74) is 0.118. The van der Waals surface area contributed by atoms with Crippen molar-refractivity contribution in [3.05, 3.63) is 40.9 Å². The van der Waals surface area contributed by atoms with Gasteiger partial charge in [-0.3, -0.25) is 10.1 Å². The lowest BCUT2D eigenvalue weighted by Gasteiger charge is -2.06. The fourth-order valence-corrected chi connectivity index (χ4v) is 2.15. The number of benzene rings is 1. The van der Waals surface area contributed by atoms with Crippen molar-refractivity contribution in [3.63, 3.8) is 0 Å². The lowest BCUT2D eigenvalue weighted by Crippen LogP contribution is -2.20. The molecular weight excluding hydrogens is 304 g/mol. The van der Waals surface area contributed by atoms with Gasteiger partial charge in [0.15, 0.2) is 5.13 Å². The molecule has 21 heavy (non-hydrogen) atoms. The summed E-state index contributed by atoms with van der Waals surface area (Å²) in [7, 11) is 0. The van der Waals surface area contributed by atoms with Crippen molar-refractivity contribution in [2.24, 2.45) is 0 Å². The van der Waals surface area contributed by atoms with Gasteiger partial charge < -0.3 is 10.4 Å². The number of hydrogen-bond acceptors (Lipinski definition) is 4. The fraction of sp³-hybridized carbons (Fsp3) is 0.0833. The van der Waals surface area contributed by atoms with E-state index in [2.05, 4.69) is 15.6 Å². The molecular formula is C12H9F2N3O3S. The average molecular weight is 313 g/mol. The molecule has 9 heteroatoms. The molecule has 0 saturated carbocycles. The van der Waals surface area contributed by atoms with Crippen molar-refractivity contribution < 1.29 is 23.5 Å². The number of urea groups is 1. The molecule has 0 fully saturated rings. The van der Waals surface area contributed by atoms with Crippen LogP contribution in [0, 0.1) is 11.6 Å². The highest BCUT2D eigenvalue weighted by atomic mass is 32.1. The summed E-state index contributed by atoms with van der Waals surface area (Å²) in [6.07, 6.45) is -0.258. The van der Waals surface area contributed by atoms with Crippen molar-refractivity contribution in [1.29, 1.82) is 0 Å². The molecule has 1 aromatic heterocycles. The summed E-state index contributed by atoms with van der Waals surface area (Å²) >= 11 is 1.04. The quantitative estimate of drug-likeness (QED) is 0.809. The largest absolute Gasteiger partial charge is 0.481 e. The molecule has 0 aliphatic rings. The van der Waals surface area contributed by atoms with Crippen molar-refractivity contribution in [1.82, 2.24) is 4.98 Å². The molecule has 0 bridgehead atoms. The molecule has 0 aliphatic carbocycles. The van der Waals surface area contributed by atoms with Gasteiger partial charge in [-0.2, -0.15) is 0 Å². The number of carboxylic acid groups (broad SMARTS) is 1. The minimum Gasteiger partial charge on any atom is -0.481 e. The monoisotopic (exact) mass is 313 g/mol. The van der Waals surface area contributed by atoms with E-state index in [-0.39, 0.29) is 17.2 Å². The maximum absolute atomic E-state index is 13.3. The van der Waals surface area contributed by atoms with Gasteiger partial charge in [0.25, 0.3) is 0 Å². The number of nitrogens with zero attached hydrogens (tertiary/aromatic N) is 1. The molecule has 1 heterocycles. The van der Waals surface area contributed by atoms with Crippen LogP contribution < -0.4 is 10.6 Å². The van der Waals surface area contributed by atoms with Crippen molar-refractivity contribution >= 4 is 34.2 Å². The molecule has 0 saturated heterocycles. The lowest BCUT2D eigenvalue weighted by atomic mass is 10.3. The van der Waals surface area contributed by atoms with Crippen LogP contribution in [0.4, 0.5) is 24.4 Å². The van der Waals surface area contributed by atoms with Crippen LogP contribution in [0.5, 0.6) is 0 Å². The Labute approximate surface area is 121 Å². The smallest absolute Gasteiger partial charge is 0.325 e. The van der Waals surface area contributed by atoms with Gasteiger partial charge in [0.05, 0.1) is 17.8 Å². The Hall–Kier alpha value is -2.55. The van der Waals surface area contributed by atoms with Crippen molar-refractivity contribution in [2.75, 3.05) is 10.6 Å². The molecule has 2 amide bonds. The molecule has 0 spiro atoms. The Morgan fingerprint density at radius 1 is 1.29 bits per heavy atom. The minimum atomic E-state index is -1.04. The Kier molecular flexibility index (Phi) is 4.43. The Morgan fingerprint density at radius 2 is 2.05 bits per heavy atom. The van der Waals surface area contributed by atoms with Crippen LogP contribution in [0.25, 0.3) is 0 Å². The van der Waals surface area contributed by atoms with Crippen molar-refractivity contribution in [2.45, 2.75) is 6.42 Å². The van der Waals surface area contributed by atoms with Gasteiger partial charge >= 0.3 is 12.0 Å². The van der Waals surface area contributed by atoms with E-state index in [1.165, 1.54) is 5.38 Å². The van der Waals surface area contributed by atoms with Crippen LogP contribution in [-0.4, -0.2) is 22.1 Å². The highest BCUT2D eigenvalue weighted by Crippen LogP contribution is 2.18. The number of aromatic nitrogens is 1. The summed E-state index contributed by atoms with van der Waals surface area (Å²) in [5.74, 6) is -2.70. The highest BCUT2D eigenvalue weighted by molar-refractivity contribution is 7.13. The van der Waals surface area contributed by atoms with E-state index in [0.717, 1.165) is 23.5 Å². The SMILES string of the molecule is O=C(O)Cc1csc(NC(=O)Nc2ccc(F)cc2F)n1. The van der Waals surface area contributed by atoms with E-state index >= 15 is 0 Å². The van der Waals surface area contributed by atoms with E-state index in [1.54, 1.807) is 0 Å². The predicted molar refractivity (Wildman–Crippen MR) is 72.5 cm³/mol. The summed E-state index contributed by atoms with van der Waals surface area (Å²) in [6, 6.07) is 1.97. The number of hydrogen-bond donors (Lipinski definition) is 3. The highest BCUT2D eigenvalue weighted by Gasteiger charge is 2.11. The van der Waals surface area contributed by atoms with E-state index in [1.807, 2.05) is 0 Å². The van der Waals surface area contributed by atoms with Crippen LogP contribution in [0.3, 0.4) is 0 Å². The molecule has 0 radical (unpaired) electrons. The number of carbonyl (C=O) groups is 2. The van der Waals surface area contributed by atoms with Crippen LogP contribution in [0.15, 0.2) is 23.6 Å². The maximum Gasteiger partial charge on any atom is 0.325 e. The van der Waals surface area contributed by atoms with Gasteiger partial charge in [0.2, 0.25) is 0 Å². The number of aliphatic carboxylic acids is 1. The summed E-state index contributed by atoms with van der Waals surface area (Å²) in [6.45, 7) is 0. The molecule has 110 valence electrons.